The molecule has 0 atom stereocenters. The molecule has 0 amide bonds. The lowest BCUT2D eigenvalue weighted by molar-refractivity contribution is 0.414. The number of hydrogen-bond donors (Lipinski definition) is 2. The minimum Gasteiger partial charge on any atom is -0.497 e. The van der Waals surface area contributed by atoms with Crippen molar-refractivity contribution in [1.82, 2.24) is 10.6 Å². The average Bonchev–Trinajstić information content (AvgIpc) is 2.35. The molecule has 0 aliphatic carbocycles. The monoisotopic (exact) mass is 314 g/mol. The summed E-state index contributed by atoms with van der Waals surface area (Å²) < 4.78 is 6.34. The summed E-state index contributed by atoms with van der Waals surface area (Å²) in [5.41, 5.74) is 1.23. The van der Waals surface area contributed by atoms with Gasteiger partial charge >= 0.3 is 0 Å². The number of nitrogens with one attached hydrogen (secondary N) is 2. The first-order valence-corrected chi connectivity index (χ1v) is 7.19. The zero-order valence-corrected chi connectivity index (χ0v) is 13.0. The van der Waals surface area contributed by atoms with E-state index in [1.807, 2.05) is 12.1 Å². The minimum atomic E-state index is 0.567. The Kier molecular flexibility index (Phi) is 7.32. The molecular formula is C14H23BrN2O. The second kappa shape index (κ2) is 8.51. The van der Waals surface area contributed by atoms with E-state index < -0.39 is 0 Å². The molecule has 0 fully saturated rings. The van der Waals surface area contributed by atoms with Crippen LogP contribution in [-0.4, -0.2) is 26.2 Å². The van der Waals surface area contributed by atoms with E-state index in [0.717, 1.165) is 36.3 Å². The molecule has 0 aliphatic heterocycles. The molecule has 0 aromatic heterocycles. The molecule has 3 nitrogen and oxygen atoms in total. The van der Waals surface area contributed by atoms with Crippen LogP contribution in [0.25, 0.3) is 0 Å². The van der Waals surface area contributed by atoms with Crippen LogP contribution in [0.15, 0.2) is 22.7 Å². The Bertz CT molecular complexity index is 356. The van der Waals surface area contributed by atoms with Gasteiger partial charge in [-0.3, -0.25) is 0 Å². The minimum absolute atomic E-state index is 0.567. The van der Waals surface area contributed by atoms with Gasteiger partial charge in [0.05, 0.1) is 7.11 Å². The summed E-state index contributed by atoms with van der Waals surface area (Å²) in [5, 5.41) is 6.85. The molecule has 0 radical (unpaired) electrons. The number of rotatable bonds is 8. The molecule has 0 spiro atoms. The molecule has 2 N–H and O–H groups in total. The third kappa shape index (κ3) is 5.85. The second-order valence-electron chi connectivity index (χ2n) is 4.60. The summed E-state index contributed by atoms with van der Waals surface area (Å²) in [4.78, 5) is 0. The number of hydrogen-bond acceptors (Lipinski definition) is 3. The fraction of sp³-hybridized carbons (Fsp3) is 0.571. The first-order chi connectivity index (χ1) is 8.63. The van der Waals surface area contributed by atoms with Crippen molar-refractivity contribution in [2.75, 3.05) is 20.2 Å². The van der Waals surface area contributed by atoms with Crippen LogP contribution >= 0.6 is 15.9 Å². The smallest absolute Gasteiger partial charge is 0.119 e. The van der Waals surface area contributed by atoms with Crippen molar-refractivity contribution in [2.45, 2.75) is 32.9 Å². The number of benzene rings is 1. The fourth-order valence-electron chi connectivity index (χ4n) is 1.64. The van der Waals surface area contributed by atoms with Gasteiger partial charge in [-0.25, -0.2) is 0 Å². The molecule has 18 heavy (non-hydrogen) atoms. The number of halogens is 1. The molecule has 4 heteroatoms. The Morgan fingerprint density at radius 1 is 1.28 bits per heavy atom. The van der Waals surface area contributed by atoms with Gasteiger partial charge in [-0.1, -0.05) is 29.8 Å². The highest BCUT2D eigenvalue weighted by Gasteiger charge is 2.01. The van der Waals surface area contributed by atoms with E-state index >= 15 is 0 Å². The third-order valence-electron chi connectivity index (χ3n) is 2.65. The van der Waals surface area contributed by atoms with Crippen molar-refractivity contribution in [1.29, 1.82) is 0 Å². The SMILES string of the molecule is COc1ccc(Br)c(CNCCCNC(C)C)c1. The molecule has 0 unspecified atom stereocenters. The summed E-state index contributed by atoms with van der Waals surface area (Å²) >= 11 is 3.55. The summed E-state index contributed by atoms with van der Waals surface area (Å²) in [7, 11) is 1.69. The van der Waals surface area contributed by atoms with Crippen LogP contribution < -0.4 is 15.4 Å². The van der Waals surface area contributed by atoms with Crippen molar-refractivity contribution in [2.24, 2.45) is 0 Å². The predicted molar refractivity (Wildman–Crippen MR) is 80.2 cm³/mol. The highest BCUT2D eigenvalue weighted by Crippen LogP contribution is 2.22. The maximum absolute atomic E-state index is 5.22. The summed E-state index contributed by atoms with van der Waals surface area (Å²) in [6.45, 7) is 7.27. The quantitative estimate of drug-likeness (QED) is 0.724. The van der Waals surface area contributed by atoms with Crippen molar-refractivity contribution in [3.63, 3.8) is 0 Å². The maximum atomic E-state index is 5.22. The maximum Gasteiger partial charge on any atom is 0.119 e. The highest BCUT2D eigenvalue weighted by atomic mass is 79.9. The highest BCUT2D eigenvalue weighted by molar-refractivity contribution is 9.10. The van der Waals surface area contributed by atoms with E-state index in [2.05, 4.69) is 46.5 Å². The zero-order valence-electron chi connectivity index (χ0n) is 11.4. The Morgan fingerprint density at radius 3 is 2.72 bits per heavy atom. The van der Waals surface area contributed by atoms with Gasteiger partial charge in [0.25, 0.3) is 0 Å². The average molecular weight is 315 g/mol. The van der Waals surface area contributed by atoms with Crippen molar-refractivity contribution >= 4 is 15.9 Å². The standard InChI is InChI=1S/C14H23BrN2O/c1-11(2)17-8-4-7-16-10-12-9-13(18-3)5-6-14(12)15/h5-6,9,11,16-17H,4,7-8,10H2,1-3H3. The first-order valence-electron chi connectivity index (χ1n) is 6.40. The van der Waals surface area contributed by atoms with E-state index in [0.29, 0.717) is 6.04 Å². The van der Waals surface area contributed by atoms with Gasteiger partial charge in [0.15, 0.2) is 0 Å². The lowest BCUT2D eigenvalue weighted by atomic mass is 10.2. The topological polar surface area (TPSA) is 33.3 Å². The van der Waals surface area contributed by atoms with E-state index in [-0.39, 0.29) is 0 Å². The van der Waals surface area contributed by atoms with Gasteiger partial charge in [-0.05, 0) is 43.3 Å². The molecule has 0 aliphatic rings. The molecule has 1 rings (SSSR count). The van der Waals surface area contributed by atoms with Gasteiger partial charge in [0.2, 0.25) is 0 Å². The predicted octanol–water partition coefficient (Wildman–Crippen LogP) is 2.94. The van der Waals surface area contributed by atoms with Crippen LogP contribution in [0.3, 0.4) is 0 Å². The Labute approximate surface area is 118 Å². The summed E-state index contributed by atoms with van der Waals surface area (Å²) in [5.74, 6) is 0.900. The van der Waals surface area contributed by atoms with Crippen molar-refractivity contribution < 1.29 is 4.74 Å². The molecular weight excluding hydrogens is 292 g/mol. The molecule has 0 saturated carbocycles. The van der Waals surface area contributed by atoms with Crippen LogP contribution in [0.1, 0.15) is 25.8 Å². The van der Waals surface area contributed by atoms with E-state index in [9.17, 15) is 0 Å². The molecule has 1 aromatic carbocycles. The number of ether oxygens (including phenoxy) is 1. The van der Waals surface area contributed by atoms with Gasteiger partial charge in [-0.15, -0.1) is 0 Å². The summed E-state index contributed by atoms with van der Waals surface area (Å²) in [6.07, 6.45) is 1.14. The first kappa shape index (κ1) is 15.5. The van der Waals surface area contributed by atoms with Crippen LogP contribution in [0.4, 0.5) is 0 Å². The largest absolute Gasteiger partial charge is 0.497 e. The Balaban J connectivity index is 2.26. The number of methoxy groups -OCH3 is 1. The lowest BCUT2D eigenvalue weighted by Crippen LogP contribution is -2.26. The molecule has 0 bridgehead atoms. The van der Waals surface area contributed by atoms with Crippen LogP contribution in [0.2, 0.25) is 0 Å². The van der Waals surface area contributed by atoms with Crippen molar-refractivity contribution in [3.05, 3.63) is 28.2 Å². The van der Waals surface area contributed by atoms with Crippen molar-refractivity contribution in [3.8, 4) is 5.75 Å². The third-order valence-corrected chi connectivity index (χ3v) is 3.42. The van der Waals surface area contributed by atoms with Gasteiger partial charge in [0.1, 0.15) is 5.75 Å². The van der Waals surface area contributed by atoms with Crippen LogP contribution in [0.5, 0.6) is 5.75 Å². The summed E-state index contributed by atoms with van der Waals surface area (Å²) in [6, 6.07) is 6.61. The Hall–Kier alpha value is -0.580. The molecule has 0 heterocycles. The molecule has 102 valence electrons. The van der Waals surface area contributed by atoms with E-state index in [4.69, 9.17) is 4.74 Å². The lowest BCUT2D eigenvalue weighted by Gasteiger charge is -2.10. The Morgan fingerprint density at radius 2 is 2.06 bits per heavy atom. The van der Waals surface area contributed by atoms with Crippen LogP contribution in [0, 0.1) is 0 Å². The van der Waals surface area contributed by atoms with E-state index in [1.165, 1.54) is 5.56 Å². The normalized spacial score (nSPS) is 10.9. The molecule has 0 saturated heterocycles. The van der Waals surface area contributed by atoms with Gasteiger partial charge in [0, 0.05) is 17.1 Å². The second-order valence-corrected chi connectivity index (χ2v) is 5.45. The zero-order chi connectivity index (χ0) is 13.4. The van der Waals surface area contributed by atoms with Crippen LogP contribution in [-0.2, 0) is 6.54 Å². The van der Waals surface area contributed by atoms with Gasteiger partial charge < -0.3 is 15.4 Å². The van der Waals surface area contributed by atoms with Gasteiger partial charge in [-0.2, -0.15) is 0 Å². The van der Waals surface area contributed by atoms with E-state index in [1.54, 1.807) is 7.11 Å². The fourth-order valence-corrected chi connectivity index (χ4v) is 2.03. The molecule has 1 aromatic rings.